The van der Waals surface area contributed by atoms with Crippen molar-refractivity contribution in [3.63, 3.8) is 0 Å². The highest BCUT2D eigenvalue weighted by Gasteiger charge is 2.21. The Kier molecular flexibility index (Phi) is 4.29. The van der Waals surface area contributed by atoms with Crippen LogP contribution in [-0.2, 0) is 10.0 Å². The molecule has 2 N–H and O–H groups in total. The Hall–Kier alpha value is -1.93. The molecule has 21 heavy (non-hydrogen) atoms. The summed E-state index contributed by atoms with van der Waals surface area (Å²) >= 11 is 3.04. The Bertz CT molecular complexity index is 808. The molecule has 110 valence electrons. The third-order valence-corrected chi connectivity index (χ3v) is 4.95. The molecule has 0 bridgehead atoms. The van der Waals surface area contributed by atoms with Crippen molar-refractivity contribution in [2.45, 2.75) is 4.90 Å². The van der Waals surface area contributed by atoms with Gasteiger partial charge in [0.05, 0.1) is 11.3 Å². The van der Waals surface area contributed by atoms with Crippen molar-refractivity contribution >= 4 is 37.6 Å². The molecule has 0 aliphatic heterocycles. The largest absolute Gasteiger partial charge is 0.478 e. The molecular weight excluding hydrogens is 365 g/mol. The number of carboxylic acids is 1. The van der Waals surface area contributed by atoms with E-state index in [4.69, 9.17) is 5.11 Å². The summed E-state index contributed by atoms with van der Waals surface area (Å²) in [6.45, 7) is 0. The molecule has 0 aromatic heterocycles. The van der Waals surface area contributed by atoms with Gasteiger partial charge in [-0.3, -0.25) is 4.72 Å². The van der Waals surface area contributed by atoms with Crippen molar-refractivity contribution in [2.24, 2.45) is 0 Å². The average Bonchev–Trinajstić information content (AvgIpc) is 2.41. The molecule has 2 rings (SSSR count). The maximum atomic E-state index is 13.5. The number of aromatic carboxylic acids is 1. The van der Waals surface area contributed by atoms with Crippen LogP contribution in [0.25, 0.3) is 0 Å². The number of carboxylic acid groups (broad SMARTS) is 1. The van der Waals surface area contributed by atoms with Crippen molar-refractivity contribution in [2.75, 3.05) is 4.72 Å². The van der Waals surface area contributed by atoms with Gasteiger partial charge >= 0.3 is 5.97 Å². The number of nitrogens with one attached hydrogen (secondary N) is 1. The number of carbonyl (C=O) groups is 1. The molecule has 0 heterocycles. The van der Waals surface area contributed by atoms with Crippen molar-refractivity contribution in [1.29, 1.82) is 0 Å². The van der Waals surface area contributed by atoms with Gasteiger partial charge in [-0.15, -0.1) is 0 Å². The zero-order chi connectivity index (χ0) is 15.6. The lowest BCUT2D eigenvalue weighted by molar-refractivity contribution is 0.0696. The Labute approximate surface area is 128 Å². The topological polar surface area (TPSA) is 83.5 Å². The Morgan fingerprint density at radius 3 is 2.48 bits per heavy atom. The van der Waals surface area contributed by atoms with Gasteiger partial charge in [0.1, 0.15) is 10.7 Å². The number of hydrogen-bond donors (Lipinski definition) is 2. The summed E-state index contributed by atoms with van der Waals surface area (Å²) in [5.41, 5.74) is -0.405. The number of anilines is 1. The highest BCUT2D eigenvalue weighted by Crippen LogP contribution is 2.26. The van der Waals surface area contributed by atoms with Gasteiger partial charge in [0.15, 0.2) is 0 Å². The van der Waals surface area contributed by atoms with Gasteiger partial charge in [-0.1, -0.05) is 12.1 Å². The number of halogens is 2. The Morgan fingerprint density at radius 2 is 1.86 bits per heavy atom. The third-order valence-electron chi connectivity index (χ3n) is 2.59. The number of benzene rings is 2. The quantitative estimate of drug-likeness (QED) is 0.862. The van der Waals surface area contributed by atoms with E-state index in [0.717, 1.165) is 12.1 Å². The van der Waals surface area contributed by atoms with Crippen LogP contribution in [0.15, 0.2) is 51.8 Å². The van der Waals surface area contributed by atoms with E-state index in [0.29, 0.717) is 0 Å². The SMILES string of the molecule is O=C(O)c1ccc(Br)c(S(=O)(=O)Nc2ccccc2F)c1. The fourth-order valence-corrected chi connectivity index (χ4v) is 3.64. The Morgan fingerprint density at radius 1 is 1.19 bits per heavy atom. The number of rotatable bonds is 4. The first-order chi connectivity index (χ1) is 9.81. The predicted molar refractivity (Wildman–Crippen MR) is 78.3 cm³/mol. The molecule has 0 saturated heterocycles. The third kappa shape index (κ3) is 3.40. The molecule has 0 spiro atoms. The molecule has 0 unspecified atom stereocenters. The molecular formula is C13H9BrFNO4S. The first-order valence-electron chi connectivity index (χ1n) is 5.61. The average molecular weight is 374 g/mol. The van der Waals surface area contributed by atoms with E-state index in [2.05, 4.69) is 20.7 Å². The van der Waals surface area contributed by atoms with E-state index >= 15 is 0 Å². The van der Waals surface area contributed by atoms with E-state index in [9.17, 15) is 17.6 Å². The molecule has 0 atom stereocenters. The zero-order valence-electron chi connectivity index (χ0n) is 10.4. The fourth-order valence-electron chi connectivity index (χ4n) is 1.59. The van der Waals surface area contributed by atoms with Gasteiger partial charge < -0.3 is 5.11 Å². The number of hydrogen-bond acceptors (Lipinski definition) is 3. The van der Waals surface area contributed by atoms with Crippen LogP contribution in [0.1, 0.15) is 10.4 Å². The molecule has 8 heteroatoms. The minimum Gasteiger partial charge on any atom is -0.478 e. The van der Waals surface area contributed by atoms with E-state index in [-0.39, 0.29) is 20.6 Å². The summed E-state index contributed by atoms with van der Waals surface area (Å²) in [7, 11) is -4.12. The van der Waals surface area contributed by atoms with Crippen LogP contribution in [0.4, 0.5) is 10.1 Å². The first kappa shape index (κ1) is 15.5. The maximum absolute atomic E-state index is 13.5. The highest BCUT2D eigenvalue weighted by atomic mass is 79.9. The second-order valence-corrected chi connectivity index (χ2v) is 6.54. The molecule has 2 aromatic carbocycles. The van der Waals surface area contributed by atoms with Gasteiger partial charge in [-0.2, -0.15) is 0 Å². The van der Waals surface area contributed by atoms with Crippen LogP contribution in [0.5, 0.6) is 0 Å². The predicted octanol–water partition coefficient (Wildman–Crippen LogP) is 3.09. The summed E-state index contributed by atoms with van der Waals surface area (Å²) < 4.78 is 40.3. The number of sulfonamides is 1. The van der Waals surface area contributed by atoms with Gasteiger partial charge in [-0.05, 0) is 46.3 Å². The molecule has 2 aromatic rings. The molecule has 0 aliphatic rings. The fraction of sp³-hybridized carbons (Fsp3) is 0. The molecule has 0 saturated carbocycles. The smallest absolute Gasteiger partial charge is 0.335 e. The van der Waals surface area contributed by atoms with Crippen LogP contribution in [-0.4, -0.2) is 19.5 Å². The summed E-state index contributed by atoms with van der Waals surface area (Å²) in [4.78, 5) is 10.6. The monoisotopic (exact) mass is 373 g/mol. The van der Waals surface area contributed by atoms with Gasteiger partial charge in [0.2, 0.25) is 0 Å². The normalized spacial score (nSPS) is 11.1. The lowest BCUT2D eigenvalue weighted by Crippen LogP contribution is -2.15. The standard InChI is InChI=1S/C13H9BrFNO4S/c14-9-6-5-8(13(17)18)7-12(9)21(19,20)16-11-4-2-1-3-10(11)15/h1-7,16H,(H,17,18). The molecule has 0 radical (unpaired) electrons. The van der Waals surface area contributed by atoms with E-state index in [1.807, 2.05) is 0 Å². The van der Waals surface area contributed by atoms with Gasteiger partial charge in [0, 0.05) is 4.47 Å². The van der Waals surface area contributed by atoms with E-state index < -0.39 is 21.8 Å². The van der Waals surface area contributed by atoms with E-state index in [1.165, 1.54) is 30.3 Å². The van der Waals surface area contributed by atoms with E-state index in [1.54, 1.807) is 0 Å². The maximum Gasteiger partial charge on any atom is 0.335 e. The van der Waals surface area contributed by atoms with Crippen molar-refractivity contribution in [3.05, 3.63) is 58.3 Å². The van der Waals surface area contributed by atoms with Crippen LogP contribution in [0.3, 0.4) is 0 Å². The van der Waals surface area contributed by atoms with Crippen molar-refractivity contribution < 1.29 is 22.7 Å². The van der Waals surface area contributed by atoms with Crippen LogP contribution < -0.4 is 4.72 Å². The minimum absolute atomic E-state index is 0.177. The highest BCUT2D eigenvalue weighted by molar-refractivity contribution is 9.10. The summed E-state index contributed by atoms with van der Waals surface area (Å²) in [6, 6.07) is 8.84. The van der Waals surface area contributed by atoms with Crippen molar-refractivity contribution in [3.8, 4) is 0 Å². The minimum atomic E-state index is -4.12. The van der Waals surface area contributed by atoms with Gasteiger partial charge in [-0.25, -0.2) is 17.6 Å². The second-order valence-electron chi connectivity index (χ2n) is 4.04. The summed E-state index contributed by atoms with van der Waals surface area (Å²) in [6.07, 6.45) is 0. The van der Waals surface area contributed by atoms with Gasteiger partial charge in [0.25, 0.3) is 10.0 Å². The van der Waals surface area contributed by atoms with Crippen molar-refractivity contribution in [1.82, 2.24) is 0 Å². The van der Waals surface area contributed by atoms with Crippen LogP contribution >= 0.6 is 15.9 Å². The summed E-state index contributed by atoms with van der Waals surface area (Å²) in [5, 5.41) is 8.91. The molecule has 0 amide bonds. The van der Waals surface area contributed by atoms with Crippen LogP contribution in [0, 0.1) is 5.82 Å². The zero-order valence-corrected chi connectivity index (χ0v) is 12.8. The molecule has 5 nitrogen and oxygen atoms in total. The Balaban J connectivity index is 2.47. The lowest BCUT2D eigenvalue weighted by atomic mass is 10.2. The molecule has 0 fully saturated rings. The first-order valence-corrected chi connectivity index (χ1v) is 7.89. The molecule has 0 aliphatic carbocycles. The number of para-hydroxylation sites is 1. The summed E-state index contributed by atoms with van der Waals surface area (Å²) in [5.74, 6) is -1.99. The van der Waals surface area contributed by atoms with Crippen LogP contribution in [0.2, 0.25) is 0 Å². The second kappa shape index (κ2) is 5.82. The lowest BCUT2D eigenvalue weighted by Gasteiger charge is -2.11.